The number of nitrogen functional groups attached to an aromatic ring is 2. The number of hydrogen-bond acceptors (Lipinski definition) is 6. The number of ether oxygens (including phenoxy) is 2. The van der Waals surface area contributed by atoms with Crippen molar-refractivity contribution in [3.8, 4) is 11.5 Å². The summed E-state index contributed by atoms with van der Waals surface area (Å²) in [6.07, 6.45) is 0. The van der Waals surface area contributed by atoms with Gasteiger partial charge in [-0.1, -0.05) is 0 Å². The number of nitrogens with one attached hydrogen (secondary N) is 1. The van der Waals surface area contributed by atoms with E-state index in [1.165, 1.54) is 0 Å². The summed E-state index contributed by atoms with van der Waals surface area (Å²) < 4.78 is 10.4. The highest BCUT2D eigenvalue weighted by atomic mass is 16.5. The molecule has 0 saturated heterocycles. The molecule has 6 nitrogen and oxygen atoms in total. The van der Waals surface area contributed by atoms with E-state index in [9.17, 15) is 0 Å². The zero-order valence-electron chi connectivity index (χ0n) is 10.8. The first-order valence-electron chi connectivity index (χ1n) is 5.65. The molecule has 0 spiro atoms. The fraction of sp³-hybridized carbons (Fsp3) is 0.154. The summed E-state index contributed by atoms with van der Waals surface area (Å²) in [6.45, 7) is 0. The number of pyridine rings is 1. The van der Waals surface area contributed by atoms with Gasteiger partial charge in [0.15, 0.2) is 0 Å². The second-order valence-electron chi connectivity index (χ2n) is 3.86. The minimum absolute atomic E-state index is 0.289. The van der Waals surface area contributed by atoms with Crippen molar-refractivity contribution in [2.24, 2.45) is 0 Å². The molecular formula is C13H16N4O2. The van der Waals surface area contributed by atoms with Crippen LogP contribution in [0.25, 0.3) is 0 Å². The predicted octanol–water partition coefficient (Wildman–Crippen LogP) is 2.01. The van der Waals surface area contributed by atoms with E-state index in [1.807, 2.05) is 12.1 Å². The van der Waals surface area contributed by atoms with Crippen molar-refractivity contribution in [3.63, 3.8) is 0 Å². The first-order chi connectivity index (χ1) is 9.13. The van der Waals surface area contributed by atoms with Crippen LogP contribution in [0.2, 0.25) is 0 Å². The van der Waals surface area contributed by atoms with Crippen molar-refractivity contribution in [1.29, 1.82) is 0 Å². The molecule has 1 heterocycles. The first kappa shape index (κ1) is 12.8. The highest BCUT2D eigenvalue weighted by Crippen LogP contribution is 2.31. The molecule has 0 amide bonds. The van der Waals surface area contributed by atoms with E-state index in [1.54, 1.807) is 32.4 Å². The van der Waals surface area contributed by atoms with Crippen LogP contribution in [0.5, 0.6) is 11.5 Å². The van der Waals surface area contributed by atoms with Gasteiger partial charge in [0, 0.05) is 6.07 Å². The molecule has 0 bridgehead atoms. The molecule has 19 heavy (non-hydrogen) atoms. The zero-order chi connectivity index (χ0) is 13.8. The lowest BCUT2D eigenvalue weighted by Crippen LogP contribution is -2.02. The Kier molecular flexibility index (Phi) is 3.61. The number of nitrogens with two attached hydrogens (primary N) is 2. The van der Waals surface area contributed by atoms with Crippen LogP contribution in [-0.4, -0.2) is 19.2 Å². The molecule has 1 aromatic heterocycles. The van der Waals surface area contributed by atoms with E-state index in [0.29, 0.717) is 23.0 Å². The molecule has 0 unspecified atom stereocenters. The molecule has 100 valence electrons. The van der Waals surface area contributed by atoms with Gasteiger partial charge in [-0.05, 0) is 24.3 Å². The third kappa shape index (κ3) is 2.79. The standard InChI is InChI=1S/C13H16N4O2/c1-18-8-3-5-10(11(7-8)19-2)16-12-6-4-9(14)13(15)17-12/h3-7H,14H2,1-2H3,(H3,15,16,17). The lowest BCUT2D eigenvalue weighted by Gasteiger charge is -2.12. The smallest absolute Gasteiger partial charge is 0.149 e. The maximum absolute atomic E-state index is 5.66. The van der Waals surface area contributed by atoms with Crippen molar-refractivity contribution in [3.05, 3.63) is 30.3 Å². The number of methoxy groups -OCH3 is 2. The summed E-state index contributed by atoms with van der Waals surface area (Å²) in [4.78, 5) is 4.14. The summed E-state index contributed by atoms with van der Waals surface area (Å²) in [5, 5.41) is 3.12. The molecule has 5 N–H and O–H groups in total. The van der Waals surface area contributed by atoms with Gasteiger partial charge in [0.05, 0.1) is 25.6 Å². The number of aromatic nitrogens is 1. The second-order valence-corrected chi connectivity index (χ2v) is 3.86. The minimum atomic E-state index is 0.289. The normalized spacial score (nSPS) is 10.0. The van der Waals surface area contributed by atoms with E-state index in [2.05, 4.69) is 10.3 Å². The number of benzene rings is 1. The van der Waals surface area contributed by atoms with Crippen LogP contribution in [0, 0.1) is 0 Å². The Morgan fingerprint density at radius 1 is 1.05 bits per heavy atom. The molecule has 6 heteroatoms. The van der Waals surface area contributed by atoms with Gasteiger partial charge in [-0.2, -0.15) is 0 Å². The number of rotatable bonds is 4. The topological polar surface area (TPSA) is 95.4 Å². The summed E-state index contributed by atoms with van der Waals surface area (Å²) in [7, 11) is 3.19. The maximum Gasteiger partial charge on any atom is 0.149 e. The fourth-order valence-electron chi connectivity index (χ4n) is 1.60. The molecule has 0 aliphatic heterocycles. The van der Waals surface area contributed by atoms with Gasteiger partial charge in [0.2, 0.25) is 0 Å². The molecule has 0 aliphatic rings. The molecule has 0 aliphatic carbocycles. The van der Waals surface area contributed by atoms with E-state index >= 15 is 0 Å². The Morgan fingerprint density at radius 2 is 1.84 bits per heavy atom. The average molecular weight is 260 g/mol. The molecule has 0 fully saturated rings. The van der Waals surface area contributed by atoms with E-state index in [-0.39, 0.29) is 5.82 Å². The van der Waals surface area contributed by atoms with E-state index < -0.39 is 0 Å². The van der Waals surface area contributed by atoms with Crippen molar-refractivity contribution < 1.29 is 9.47 Å². The Morgan fingerprint density at radius 3 is 2.47 bits per heavy atom. The van der Waals surface area contributed by atoms with Crippen molar-refractivity contribution in [1.82, 2.24) is 4.98 Å². The lowest BCUT2D eigenvalue weighted by atomic mass is 10.2. The van der Waals surface area contributed by atoms with Gasteiger partial charge >= 0.3 is 0 Å². The van der Waals surface area contributed by atoms with Gasteiger partial charge < -0.3 is 26.3 Å². The van der Waals surface area contributed by atoms with Crippen LogP contribution in [0.15, 0.2) is 30.3 Å². The Bertz CT molecular complexity index is 587. The highest BCUT2D eigenvalue weighted by molar-refractivity contribution is 5.69. The average Bonchev–Trinajstić information content (AvgIpc) is 2.43. The largest absolute Gasteiger partial charge is 0.497 e. The van der Waals surface area contributed by atoms with Crippen LogP contribution in [-0.2, 0) is 0 Å². The predicted molar refractivity (Wildman–Crippen MR) is 75.9 cm³/mol. The summed E-state index contributed by atoms with van der Waals surface area (Å²) >= 11 is 0. The SMILES string of the molecule is COc1ccc(Nc2ccc(N)c(N)n2)c(OC)c1. The molecule has 0 radical (unpaired) electrons. The van der Waals surface area contributed by atoms with Gasteiger partial charge in [-0.25, -0.2) is 4.98 Å². The fourth-order valence-corrected chi connectivity index (χ4v) is 1.60. The van der Waals surface area contributed by atoms with Crippen LogP contribution in [0.1, 0.15) is 0 Å². The molecule has 1 aromatic carbocycles. The molecule has 0 atom stereocenters. The van der Waals surface area contributed by atoms with Crippen LogP contribution in [0.4, 0.5) is 23.0 Å². The summed E-state index contributed by atoms with van der Waals surface area (Å²) in [5.74, 6) is 2.25. The van der Waals surface area contributed by atoms with Crippen molar-refractivity contribution >= 4 is 23.0 Å². The van der Waals surface area contributed by atoms with Gasteiger partial charge in [-0.15, -0.1) is 0 Å². The number of hydrogen-bond donors (Lipinski definition) is 3. The molecule has 2 rings (SSSR count). The summed E-state index contributed by atoms with van der Waals surface area (Å²) in [5.41, 5.74) is 12.5. The summed E-state index contributed by atoms with van der Waals surface area (Å²) in [6, 6.07) is 8.89. The quantitative estimate of drug-likeness (QED) is 0.778. The zero-order valence-corrected chi connectivity index (χ0v) is 10.8. The van der Waals surface area contributed by atoms with Gasteiger partial charge in [0.1, 0.15) is 23.1 Å². The van der Waals surface area contributed by atoms with Crippen LogP contribution < -0.4 is 26.3 Å². The van der Waals surface area contributed by atoms with Crippen LogP contribution >= 0.6 is 0 Å². The van der Waals surface area contributed by atoms with Gasteiger partial charge in [-0.3, -0.25) is 0 Å². The van der Waals surface area contributed by atoms with Crippen molar-refractivity contribution in [2.75, 3.05) is 31.0 Å². The van der Waals surface area contributed by atoms with Gasteiger partial charge in [0.25, 0.3) is 0 Å². The Balaban J connectivity index is 2.29. The number of nitrogens with zero attached hydrogens (tertiary/aromatic N) is 1. The Hall–Kier alpha value is -2.63. The molecular weight excluding hydrogens is 244 g/mol. The maximum atomic E-state index is 5.66. The minimum Gasteiger partial charge on any atom is -0.497 e. The van der Waals surface area contributed by atoms with Crippen molar-refractivity contribution in [2.45, 2.75) is 0 Å². The monoisotopic (exact) mass is 260 g/mol. The van der Waals surface area contributed by atoms with E-state index in [4.69, 9.17) is 20.9 Å². The Labute approximate surface area is 111 Å². The lowest BCUT2D eigenvalue weighted by molar-refractivity contribution is 0.395. The molecule has 2 aromatic rings. The second kappa shape index (κ2) is 5.34. The van der Waals surface area contributed by atoms with Crippen LogP contribution in [0.3, 0.4) is 0 Å². The number of anilines is 4. The third-order valence-electron chi connectivity index (χ3n) is 2.63. The van der Waals surface area contributed by atoms with E-state index in [0.717, 1.165) is 5.69 Å². The first-order valence-corrected chi connectivity index (χ1v) is 5.65. The molecule has 0 saturated carbocycles. The highest BCUT2D eigenvalue weighted by Gasteiger charge is 2.06. The third-order valence-corrected chi connectivity index (χ3v) is 2.63.